The van der Waals surface area contributed by atoms with E-state index in [1.165, 1.54) is 0 Å². The zero-order valence-corrected chi connectivity index (χ0v) is 12.8. The first-order valence-corrected chi connectivity index (χ1v) is 6.96. The standard InChI is InChI=1S/C15H25N3O2/c1-5-11(3)18-15(16)17-10-12-7-8-13(19-4)14(9-12)20-6-2/h7-9,11H,5-6,10H2,1-4H3,(H3,16,17,18). The Morgan fingerprint density at radius 1 is 1.35 bits per heavy atom. The van der Waals surface area contributed by atoms with Crippen molar-refractivity contribution in [1.29, 1.82) is 0 Å². The van der Waals surface area contributed by atoms with Crippen molar-refractivity contribution in [2.24, 2.45) is 10.7 Å². The maximum Gasteiger partial charge on any atom is 0.189 e. The molecular formula is C15H25N3O2. The molecule has 5 heteroatoms. The average molecular weight is 279 g/mol. The molecule has 0 aliphatic rings. The summed E-state index contributed by atoms with van der Waals surface area (Å²) in [7, 11) is 1.63. The largest absolute Gasteiger partial charge is 0.493 e. The van der Waals surface area contributed by atoms with Gasteiger partial charge in [-0.05, 0) is 38.0 Å². The number of hydrogen-bond donors (Lipinski definition) is 2. The van der Waals surface area contributed by atoms with E-state index in [1.54, 1.807) is 7.11 Å². The van der Waals surface area contributed by atoms with E-state index in [-0.39, 0.29) is 0 Å². The number of benzene rings is 1. The maximum atomic E-state index is 5.83. The molecule has 0 bridgehead atoms. The third kappa shape index (κ3) is 4.99. The molecule has 0 radical (unpaired) electrons. The van der Waals surface area contributed by atoms with Crippen LogP contribution in [0.25, 0.3) is 0 Å². The van der Waals surface area contributed by atoms with Crippen molar-refractivity contribution < 1.29 is 9.47 Å². The van der Waals surface area contributed by atoms with Gasteiger partial charge in [-0.2, -0.15) is 0 Å². The zero-order valence-electron chi connectivity index (χ0n) is 12.8. The fourth-order valence-corrected chi connectivity index (χ4v) is 1.66. The summed E-state index contributed by atoms with van der Waals surface area (Å²) < 4.78 is 10.8. The van der Waals surface area contributed by atoms with Crippen LogP contribution in [0.4, 0.5) is 0 Å². The summed E-state index contributed by atoms with van der Waals surface area (Å²) >= 11 is 0. The van der Waals surface area contributed by atoms with Crippen molar-refractivity contribution in [3.8, 4) is 11.5 Å². The Bertz CT molecular complexity index is 447. The molecule has 1 aromatic carbocycles. The molecule has 1 rings (SSSR count). The van der Waals surface area contributed by atoms with E-state index in [2.05, 4.69) is 24.2 Å². The number of ether oxygens (including phenoxy) is 2. The van der Waals surface area contributed by atoms with E-state index >= 15 is 0 Å². The van der Waals surface area contributed by atoms with Crippen LogP contribution in [0, 0.1) is 0 Å². The van der Waals surface area contributed by atoms with E-state index in [1.807, 2.05) is 25.1 Å². The lowest BCUT2D eigenvalue weighted by Gasteiger charge is -2.12. The van der Waals surface area contributed by atoms with Crippen LogP contribution in [0.5, 0.6) is 11.5 Å². The van der Waals surface area contributed by atoms with E-state index in [4.69, 9.17) is 15.2 Å². The Morgan fingerprint density at radius 2 is 2.10 bits per heavy atom. The van der Waals surface area contributed by atoms with Gasteiger partial charge in [-0.1, -0.05) is 13.0 Å². The van der Waals surface area contributed by atoms with Crippen molar-refractivity contribution in [2.75, 3.05) is 13.7 Å². The van der Waals surface area contributed by atoms with Gasteiger partial charge in [-0.3, -0.25) is 0 Å². The van der Waals surface area contributed by atoms with Crippen LogP contribution in [-0.4, -0.2) is 25.7 Å². The summed E-state index contributed by atoms with van der Waals surface area (Å²) in [5.74, 6) is 1.93. The lowest BCUT2D eigenvalue weighted by molar-refractivity contribution is 0.310. The molecule has 3 N–H and O–H groups in total. The highest BCUT2D eigenvalue weighted by molar-refractivity contribution is 5.78. The number of rotatable bonds is 7. The van der Waals surface area contributed by atoms with Gasteiger partial charge in [0.05, 0.1) is 20.3 Å². The van der Waals surface area contributed by atoms with Gasteiger partial charge in [-0.15, -0.1) is 0 Å². The fourth-order valence-electron chi connectivity index (χ4n) is 1.66. The molecule has 0 saturated heterocycles. The highest BCUT2D eigenvalue weighted by atomic mass is 16.5. The highest BCUT2D eigenvalue weighted by Crippen LogP contribution is 2.28. The Balaban J connectivity index is 2.72. The molecule has 0 saturated carbocycles. The molecule has 20 heavy (non-hydrogen) atoms. The molecule has 0 heterocycles. The van der Waals surface area contributed by atoms with E-state index in [0.29, 0.717) is 25.2 Å². The molecule has 1 atom stereocenters. The van der Waals surface area contributed by atoms with Gasteiger partial charge in [0.2, 0.25) is 0 Å². The average Bonchev–Trinajstić information content (AvgIpc) is 2.45. The van der Waals surface area contributed by atoms with Gasteiger partial charge in [-0.25, -0.2) is 4.99 Å². The highest BCUT2D eigenvalue weighted by Gasteiger charge is 2.05. The summed E-state index contributed by atoms with van der Waals surface area (Å²) in [6.07, 6.45) is 1.01. The first kappa shape index (κ1) is 16.1. The molecule has 5 nitrogen and oxygen atoms in total. The normalized spacial score (nSPS) is 12.9. The zero-order chi connectivity index (χ0) is 15.0. The second-order valence-electron chi connectivity index (χ2n) is 4.57. The van der Waals surface area contributed by atoms with Crippen LogP contribution >= 0.6 is 0 Å². The summed E-state index contributed by atoms with van der Waals surface area (Å²) in [6.45, 7) is 7.23. The molecule has 0 amide bonds. The minimum Gasteiger partial charge on any atom is -0.493 e. The number of nitrogens with two attached hydrogens (primary N) is 1. The molecule has 0 aliphatic heterocycles. The third-order valence-electron chi connectivity index (χ3n) is 2.97. The van der Waals surface area contributed by atoms with Crippen LogP contribution in [0.15, 0.2) is 23.2 Å². The second-order valence-corrected chi connectivity index (χ2v) is 4.57. The first-order valence-electron chi connectivity index (χ1n) is 6.96. The SMILES string of the molecule is CCOc1cc(CN=C(N)NC(C)CC)ccc1OC. The summed E-state index contributed by atoms with van der Waals surface area (Å²) in [4.78, 5) is 4.33. The number of nitrogens with one attached hydrogen (secondary N) is 1. The Hall–Kier alpha value is -1.91. The van der Waals surface area contributed by atoms with Crippen molar-refractivity contribution in [1.82, 2.24) is 5.32 Å². The summed E-state index contributed by atoms with van der Waals surface area (Å²) in [5.41, 5.74) is 6.86. The van der Waals surface area contributed by atoms with Crippen LogP contribution in [0.3, 0.4) is 0 Å². The molecule has 0 aliphatic carbocycles. The predicted octanol–water partition coefficient (Wildman–Crippen LogP) is 2.30. The summed E-state index contributed by atoms with van der Waals surface area (Å²) in [5, 5.41) is 3.13. The van der Waals surface area contributed by atoms with Gasteiger partial charge in [0.25, 0.3) is 0 Å². The molecule has 0 spiro atoms. The number of methoxy groups -OCH3 is 1. The van der Waals surface area contributed by atoms with E-state index < -0.39 is 0 Å². The molecule has 0 aromatic heterocycles. The van der Waals surface area contributed by atoms with Crippen LogP contribution < -0.4 is 20.5 Å². The van der Waals surface area contributed by atoms with Gasteiger partial charge < -0.3 is 20.5 Å². The lowest BCUT2D eigenvalue weighted by atomic mass is 10.2. The molecule has 0 fully saturated rings. The minimum atomic E-state index is 0.327. The fraction of sp³-hybridized carbons (Fsp3) is 0.533. The Labute approximate surface area is 121 Å². The van der Waals surface area contributed by atoms with E-state index in [0.717, 1.165) is 23.5 Å². The Morgan fingerprint density at radius 3 is 2.70 bits per heavy atom. The van der Waals surface area contributed by atoms with Crippen LogP contribution in [0.2, 0.25) is 0 Å². The van der Waals surface area contributed by atoms with Gasteiger partial charge in [0.15, 0.2) is 17.5 Å². The Kier molecular flexibility index (Phi) is 6.70. The van der Waals surface area contributed by atoms with Crippen molar-refractivity contribution in [2.45, 2.75) is 39.8 Å². The number of guanidine groups is 1. The smallest absolute Gasteiger partial charge is 0.189 e. The first-order chi connectivity index (χ1) is 9.60. The van der Waals surface area contributed by atoms with Crippen molar-refractivity contribution >= 4 is 5.96 Å². The number of aliphatic imine (C=N–C) groups is 1. The van der Waals surface area contributed by atoms with Crippen LogP contribution in [-0.2, 0) is 6.54 Å². The molecular weight excluding hydrogens is 254 g/mol. The molecule has 112 valence electrons. The van der Waals surface area contributed by atoms with Crippen molar-refractivity contribution in [3.63, 3.8) is 0 Å². The second kappa shape index (κ2) is 8.30. The minimum absolute atomic E-state index is 0.327. The van der Waals surface area contributed by atoms with Gasteiger partial charge >= 0.3 is 0 Å². The van der Waals surface area contributed by atoms with Crippen molar-refractivity contribution in [3.05, 3.63) is 23.8 Å². The van der Waals surface area contributed by atoms with E-state index in [9.17, 15) is 0 Å². The quantitative estimate of drug-likeness (QED) is 0.593. The predicted molar refractivity (Wildman–Crippen MR) is 82.4 cm³/mol. The lowest BCUT2D eigenvalue weighted by Crippen LogP contribution is -2.38. The number of hydrogen-bond acceptors (Lipinski definition) is 3. The van der Waals surface area contributed by atoms with Gasteiger partial charge in [0, 0.05) is 6.04 Å². The van der Waals surface area contributed by atoms with Crippen LogP contribution in [0.1, 0.15) is 32.8 Å². The molecule has 1 unspecified atom stereocenters. The topological polar surface area (TPSA) is 68.9 Å². The maximum absolute atomic E-state index is 5.83. The molecule has 1 aromatic rings. The number of nitrogens with zero attached hydrogens (tertiary/aromatic N) is 1. The summed E-state index contributed by atoms with van der Waals surface area (Å²) in [6, 6.07) is 6.10. The monoisotopic (exact) mass is 279 g/mol. The van der Waals surface area contributed by atoms with Gasteiger partial charge in [0.1, 0.15) is 0 Å². The third-order valence-corrected chi connectivity index (χ3v) is 2.97.